The van der Waals surface area contributed by atoms with Crippen LogP contribution >= 0.6 is 11.8 Å². The average molecular weight is 270 g/mol. The Morgan fingerprint density at radius 3 is 2.67 bits per heavy atom. The summed E-state index contributed by atoms with van der Waals surface area (Å²) in [4.78, 5) is 14.2. The third kappa shape index (κ3) is 3.56. The first-order chi connectivity index (χ1) is 8.70. The van der Waals surface area contributed by atoms with Crippen molar-refractivity contribution in [2.45, 2.75) is 57.2 Å². The van der Waals surface area contributed by atoms with Crippen LogP contribution in [0.3, 0.4) is 0 Å². The van der Waals surface area contributed by atoms with E-state index in [1.807, 2.05) is 16.7 Å². The summed E-state index contributed by atoms with van der Waals surface area (Å²) in [6.07, 6.45) is 6.00. The fourth-order valence-corrected chi connectivity index (χ4v) is 4.16. The van der Waals surface area contributed by atoms with E-state index in [-0.39, 0.29) is 6.03 Å². The van der Waals surface area contributed by atoms with Gasteiger partial charge in [-0.2, -0.15) is 11.8 Å². The molecule has 0 bridgehead atoms. The molecule has 1 saturated carbocycles. The first-order valence-electron chi connectivity index (χ1n) is 7.37. The maximum atomic E-state index is 12.2. The number of nitrogens with one attached hydrogen (secondary N) is 1. The SMILES string of the molecule is CCSC1CCCC1NC(=O)N1CCC(C)CC1. The van der Waals surface area contributed by atoms with Crippen molar-refractivity contribution in [1.29, 1.82) is 0 Å². The van der Waals surface area contributed by atoms with E-state index in [0.29, 0.717) is 11.3 Å². The minimum Gasteiger partial charge on any atom is -0.334 e. The molecule has 0 aromatic heterocycles. The van der Waals surface area contributed by atoms with Crippen LogP contribution in [0, 0.1) is 5.92 Å². The van der Waals surface area contributed by atoms with Gasteiger partial charge in [0.1, 0.15) is 0 Å². The van der Waals surface area contributed by atoms with Crippen molar-refractivity contribution in [1.82, 2.24) is 10.2 Å². The van der Waals surface area contributed by atoms with E-state index in [9.17, 15) is 4.79 Å². The molecule has 0 radical (unpaired) electrons. The number of piperidine rings is 1. The number of nitrogens with zero attached hydrogens (tertiary/aromatic N) is 1. The molecule has 2 aliphatic rings. The number of amides is 2. The van der Waals surface area contributed by atoms with Crippen molar-refractivity contribution < 1.29 is 4.79 Å². The number of hydrogen-bond donors (Lipinski definition) is 1. The minimum atomic E-state index is 0.176. The summed E-state index contributed by atoms with van der Waals surface area (Å²) < 4.78 is 0. The van der Waals surface area contributed by atoms with Gasteiger partial charge in [-0.3, -0.25) is 0 Å². The highest BCUT2D eigenvalue weighted by Gasteiger charge is 2.30. The van der Waals surface area contributed by atoms with Crippen LogP contribution in [-0.2, 0) is 0 Å². The van der Waals surface area contributed by atoms with Crippen LogP contribution in [0.2, 0.25) is 0 Å². The molecule has 2 atom stereocenters. The van der Waals surface area contributed by atoms with Gasteiger partial charge in [-0.25, -0.2) is 4.79 Å². The normalized spacial score (nSPS) is 29.6. The van der Waals surface area contributed by atoms with Gasteiger partial charge in [0, 0.05) is 24.4 Å². The van der Waals surface area contributed by atoms with Gasteiger partial charge in [0.2, 0.25) is 0 Å². The Balaban J connectivity index is 1.79. The van der Waals surface area contributed by atoms with Crippen molar-refractivity contribution in [3.05, 3.63) is 0 Å². The second-order valence-electron chi connectivity index (χ2n) is 5.65. The molecule has 0 aromatic carbocycles. The second-order valence-corrected chi connectivity index (χ2v) is 7.17. The Kier molecular flexibility index (Phi) is 5.22. The van der Waals surface area contributed by atoms with Crippen molar-refractivity contribution in [3.63, 3.8) is 0 Å². The molecule has 1 aliphatic carbocycles. The number of carbonyl (C=O) groups is 1. The Hall–Kier alpha value is -0.380. The van der Waals surface area contributed by atoms with Gasteiger partial charge < -0.3 is 10.2 Å². The molecular formula is C14H26N2OS. The van der Waals surface area contributed by atoms with Crippen LogP contribution < -0.4 is 5.32 Å². The molecule has 2 unspecified atom stereocenters. The lowest BCUT2D eigenvalue weighted by Crippen LogP contribution is -2.49. The van der Waals surface area contributed by atoms with Crippen molar-refractivity contribution in [2.75, 3.05) is 18.8 Å². The van der Waals surface area contributed by atoms with Gasteiger partial charge in [-0.1, -0.05) is 20.3 Å². The van der Waals surface area contributed by atoms with E-state index in [1.54, 1.807) is 0 Å². The molecule has 1 heterocycles. The summed E-state index contributed by atoms with van der Waals surface area (Å²) in [6, 6.07) is 0.581. The van der Waals surface area contributed by atoms with Crippen LogP contribution in [-0.4, -0.2) is 41.1 Å². The van der Waals surface area contributed by atoms with E-state index >= 15 is 0 Å². The van der Waals surface area contributed by atoms with Gasteiger partial charge in [0.15, 0.2) is 0 Å². The zero-order chi connectivity index (χ0) is 13.0. The van der Waals surface area contributed by atoms with Crippen LogP contribution in [0.4, 0.5) is 4.79 Å². The monoisotopic (exact) mass is 270 g/mol. The summed E-state index contributed by atoms with van der Waals surface area (Å²) in [5.41, 5.74) is 0. The summed E-state index contributed by atoms with van der Waals surface area (Å²) in [5, 5.41) is 3.91. The fourth-order valence-electron chi connectivity index (χ4n) is 2.97. The molecule has 2 fully saturated rings. The van der Waals surface area contributed by atoms with Crippen molar-refractivity contribution in [2.24, 2.45) is 5.92 Å². The van der Waals surface area contributed by atoms with Gasteiger partial charge in [0.05, 0.1) is 0 Å². The Bertz CT molecular complexity index is 277. The molecule has 1 N–H and O–H groups in total. The first kappa shape index (κ1) is 14.0. The number of likely N-dealkylation sites (tertiary alicyclic amines) is 1. The molecule has 18 heavy (non-hydrogen) atoms. The quantitative estimate of drug-likeness (QED) is 0.854. The van der Waals surface area contributed by atoms with E-state index in [1.165, 1.54) is 12.8 Å². The Morgan fingerprint density at radius 1 is 1.28 bits per heavy atom. The maximum Gasteiger partial charge on any atom is 0.317 e. The van der Waals surface area contributed by atoms with Crippen LogP contribution in [0.1, 0.15) is 46.0 Å². The molecule has 0 spiro atoms. The van der Waals surface area contributed by atoms with Gasteiger partial charge in [-0.15, -0.1) is 0 Å². The van der Waals surface area contributed by atoms with E-state index < -0.39 is 0 Å². The smallest absolute Gasteiger partial charge is 0.317 e. The average Bonchev–Trinajstić information content (AvgIpc) is 2.78. The number of rotatable bonds is 3. The molecule has 2 amide bonds. The van der Waals surface area contributed by atoms with Crippen LogP contribution in [0.15, 0.2) is 0 Å². The topological polar surface area (TPSA) is 32.3 Å². The summed E-state index contributed by atoms with van der Waals surface area (Å²) in [5.74, 6) is 1.93. The Morgan fingerprint density at radius 2 is 2.00 bits per heavy atom. The summed E-state index contributed by atoms with van der Waals surface area (Å²) in [6.45, 7) is 6.35. The zero-order valence-corrected chi connectivity index (χ0v) is 12.5. The molecular weight excluding hydrogens is 244 g/mol. The summed E-state index contributed by atoms with van der Waals surface area (Å²) in [7, 11) is 0. The lowest BCUT2D eigenvalue weighted by molar-refractivity contribution is 0.171. The lowest BCUT2D eigenvalue weighted by Gasteiger charge is -2.32. The van der Waals surface area contributed by atoms with Crippen molar-refractivity contribution >= 4 is 17.8 Å². The number of carbonyl (C=O) groups excluding carboxylic acids is 1. The third-order valence-corrected chi connectivity index (χ3v) is 5.54. The second kappa shape index (κ2) is 6.69. The number of urea groups is 1. The highest BCUT2D eigenvalue weighted by Crippen LogP contribution is 2.30. The van der Waals surface area contributed by atoms with Gasteiger partial charge in [0.25, 0.3) is 0 Å². The van der Waals surface area contributed by atoms with Crippen molar-refractivity contribution in [3.8, 4) is 0 Å². The first-order valence-corrected chi connectivity index (χ1v) is 8.42. The highest BCUT2D eigenvalue weighted by atomic mass is 32.2. The minimum absolute atomic E-state index is 0.176. The molecule has 1 aliphatic heterocycles. The third-order valence-electron chi connectivity index (χ3n) is 4.21. The van der Waals surface area contributed by atoms with E-state index in [0.717, 1.165) is 44.0 Å². The molecule has 0 aromatic rings. The Labute approximate surface area is 115 Å². The number of hydrogen-bond acceptors (Lipinski definition) is 2. The molecule has 104 valence electrons. The number of thioether (sulfide) groups is 1. The predicted molar refractivity (Wildman–Crippen MR) is 78.1 cm³/mol. The molecule has 1 saturated heterocycles. The van der Waals surface area contributed by atoms with E-state index in [4.69, 9.17) is 0 Å². The summed E-state index contributed by atoms with van der Waals surface area (Å²) >= 11 is 2.00. The molecule has 4 heteroatoms. The van der Waals surface area contributed by atoms with E-state index in [2.05, 4.69) is 19.2 Å². The van der Waals surface area contributed by atoms with Crippen LogP contribution in [0.5, 0.6) is 0 Å². The van der Waals surface area contributed by atoms with Crippen LogP contribution in [0.25, 0.3) is 0 Å². The molecule has 3 nitrogen and oxygen atoms in total. The predicted octanol–water partition coefficient (Wildman–Crippen LogP) is 3.10. The molecule has 2 rings (SSSR count). The standard InChI is InChI=1S/C14H26N2OS/c1-3-18-13-6-4-5-12(13)15-14(17)16-9-7-11(2)8-10-16/h11-13H,3-10H2,1-2H3,(H,15,17). The zero-order valence-electron chi connectivity index (χ0n) is 11.7. The van der Waals surface area contributed by atoms with Gasteiger partial charge in [-0.05, 0) is 37.4 Å². The highest BCUT2D eigenvalue weighted by molar-refractivity contribution is 7.99. The lowest BCUT2D eigenvalue weighted by atomic mass is 10.00. The van der Waals surface area contributed by atoms with Gasteiger partial charge >= 0.3 is 6.03 Å². The maximum absolute atomic E-state index is 12.2. The largest absolute Gasteiger partial charge is 0.334 e. The fraction of sp³-hybridized carbons (Fsp3) is 0.929.